The maximum Gasteiger partial charge on any atom is 0.449 e. The van der Waals surface area contributed by atoms with E-state index < -0.39 is 36.9 Å². The Morgan fingerprint density at radius 2 is 1.90 bits per heavy atom. The van der Waals surface area contributed by atoms with E-state index in [1.165, 1.54) is 12.1 Å². The number of nitrogens with zero attached hydrogens (tertiary/aromatic N) is 2. The number of hydrogen-bond donors (Lipinski definition) is 1. The zero-order chi connectivity index (χ0) is 22.2. The smallest absolute Gasteiger partial charge is 0.449 e. The molecule has 1 N–H and O–H groups in total. The maximum absolute atomic E-state index is 13.4. The first-order valence-electron chi connectivity index (χ1n) is 9.60. The molecule has 0 aliphatic rings. The number of rotatable bonds is 6. The largest absolute Gasteiger partial charge is 0.456 e. The molecule has 2 aromatic carbocycles. The van der Waals surface area contributed by atoms with Crippen LogP contribution in [0.25, 0.3) is 21.9 Å². The van der Waals surface area contributed by atoms with Crippen LogP contribution in [0.3, 0.4) is 0 Å². The van der Waals surface area contributed by atoms with Crippen LogP contribution in [0.4, 0.5) is 13.2 Å². The van der Waals surface area contributed by atoms with Crippen molar-refractivity contribution in [1.82, 2.24) is 14.5 Å². The van der Waals surface area contributed by atoms with E-state index >= 15 is 0 Å². The highest BCUT2D eigenvalue weighted by Gasteiger charge is 2.38. The third-order valence-corrected chi connectivity index (χ3v) is 5.04. The summed E-state index contributed by atoms with van der Waals surface area (Å²) in [6, 6.07) is 11.5. The average molecular weight is 429 g/mol. The van der Waals surface area contributed by atoms with Crippen LogP contribution in [0, 0.1) is 0 Å². The molecule has 0 bridgehead atoms. The van der Waals surface area contributed by atoms with Gasteiger partial charge < -0.3 is 14.3 Å². The first-order chi connectivity index (χ1) is 14.8. The quantitative estimate of drug-likeness (QED) is 0.361. The van der Waals surface area contributed by atoms with Gasteiger partial charge in [-0.3, -0.25) is 9.59 Å². The van der Waals surface area contributed by atoms with Crippen LogP contribution < -0.4 is 0 Å². The summed E-state index contributed by atoms with van der Waals surface area (Å²) in [6.07, 6.45) is -2.41. The van der Waals surface area contributed by atoms with Gasteiger partial charge in [0.1, 0.15) is 6.54 Å². The molecule has 4 aromatic rings. The Kier molecular flexibility index (Phi) is 5.26. The molecule has 160 valence electrons. The number of nitrogens with one attached hydrogen (secondary N) is 1. The third-order valence-electron chi connectivity index (χ3n) is 5.04. The summed E-state index contributed by atoms with van der Waals surface area (Å²) in [4.78, 5) is 31.5. The van der Waals surface area contributed by atoms with Crippen molar-refractivity contribution in [1.29, 1.82) is 0 Å². The number of H-pyrrole nitrogens is 1. The van der Waals surface area contributed by atoms with Crippen molar-refractivity contribution in [3.05, 3.63) is 65.6 Å². The molecule has 0 aliphatic heterocycles. The van der Waals surface area contributed by atoms with E-state index in [0.717, 1.165) is 22.1 Å². The normalized spacial score (nSPS) is 11.9. The maximum atomic E-state index is 13.4. The Bertz CT molecular complexity index is 1290. The van der Waals surface area contributed by atoms with Gasteiger partial charge in [-0.15, -0.1) is 0 Å². The molecular formula is C22H18F3N3O3. The standard InChI is InChI=1S/C22H18F3N3O3/c1-2-13-6-5-7-14-15(10-26-20(13)14)18(29)12-31-19(30)11-28-17-9-4-3-8-16(17)27-21(28)22(23,24)25/h3-10,26H,2,11-12H2,1H3. The summed E-state index contributed by atoms with van der Waals surface area (Å²) in [7, 11) is 0. The van der Waals surface area contributed by atoms with Crippen molar-refractivity contribution >= 4 is 33.7 Å². The number of ether oxygens (including phenoxy) is 1. The number of carbonyl (C=O) groups is 2. The lowest BCUT2D eigenvalue weighted by atomic mass is 10.1. The van der Waals surface area contributed by atoms with Gasteiger partial charge >= 0.3 is 12.1 Å². The summed E-state index contributed by atoms with van der Waals surface area (Å²) >= 11 is 0. The third kappa shape index (κ3) is 3.90. The Morgan fingerprint density at radius 1 is 1.13 bits per heavy atom. The van der Waals surface area contributed by atoms with E-state index in [9.17, 15) is 22.8 Å². The number of fused-ring (bicyclic) bond motifs is 2. The molecule has 0 saturated heterocycles. The number of esters is 1. The van der Waals surface area contributed by atoms with Crippen LogP contribution in [0.15, 0.2) is 48.7 Å². The molecule has 4 rings (SSSR count). The molecular weight excluding hydrogens is 411 g/mol. The second-order valence-corrected chi connectivity index (χ2v) is 6.99. The number of ketones is 1. The summed E-state index contributed by atoms with van der Waals surface area (Å²) in [5.74, 6) is -2.60. The molecule has 0 spiro atoms. The minimum Gasteiger partial charge on any atom is -0.456 e. The number of alkyl halides is 3. The fourth-order valence-electron chi connectivity index (χ4n) is 3.59. The lowest BCUT2D eigenvalue weighted by Crippen LogP contribution is -2.22. The second kappa shape index (κ2) is 7.90. The van der Waals surface area contributed by atoms with E-state index in [1.807, 2.05) is 19.1 Å². The lowest BCUT2D eigenvalue weighted by molar-refractivity contribution is -0.150. The predicted molar refractivity (Wildman–Crippen MR) is 108 cm³/mol. The molecule has 0 aliphatic carbocycles. The van der Waals surface area contributed by atoms with E-state index in [-0.39, 0.29) is 11.0 Å². The highest BCUT2D eigenvalue weighted by molar-refractivity contribution is 6.09. The highest BCUT2D eigenvalue weighted by atomic mass is 19.4. The number of para-hydroxylation sites is 3. The van der Waals surface area contributed by atoms with Crippen LogP contribution in [-0.2, 0) is 28.7 Å². The number of aryl methyl sites for hydroxylation is 1. The van der Waals surface area contributed by atoms with Gasteiger partial charge in [-0.1, -0.05) is 37.3 Å². The number of carbonyl (C=O) groups excluding carboxylic acids is 2. The summed E-state index contributed by atoms with van der Waals surface area (Å²) in [5, 5.41) is 0.709. The Balaban J connectivity index is 1.51. The van der Waals surface area contributed by atoms with Crippen LogP contribution in [0.2, 0.25) is 0 Å². The minimum atomic E-state index is -4.74. The molecule has 0 fully saturated rings. The molecule has 2 aromatic heterocycles. The predicted octanol–water partition coefficient (Wildman–Crippen LogP) is 4.52. The van der Waals surface area contributed by atoms with Crippen LogP contribution >= 0.6 is 0 Å². The molecule has 2 heterocycles. The minimum absolute atomic E-state index is 0.115. The number of aromatic nitrogens is 3. The van der Waals surface area contributed by atoms with Gasteiger partial charge in [-0.05, 0) is 24.1 Å². The van der Waals surface area contributed by atoms with Crippen molar-refractivity contribution < 1.29 is 27.5 Å². The average Bonchev–Trinajstić information content (AvgIpc) is 3.34. The van der Waals surface area contributed by atoms with E-state index in [0.29, 0.717) is 10.9 Å². The van der Waals surface area contributed by atoms with Gasteiger partial charge in [0.15, 0.2) is 6.61 Å². The van der Waals surface area contributed by atoms with Crippen LogP contribution in [-0.4, -0.2) is 32.9 Å². The molecule has 0 amide bonds. The molecule has 0 radical (unpaired) electrons. The molecule has 6 nitrogen and oxygen atoms in total. The zero-order valence-electron chi connectivity index (χ0n) is 16.5. The summed E-state index contributed by atoms with van der Waals surface area (Å²) in [5.41, 5.74) is 2.51. The van der Waals surface area contributed by atoms with Crippen molar-refractivity contribution in [2.45, 2.75) is 26.1 Å². The number of Topliss-reactive ketones (excluding diaryl/α,β-unsaturated/α-hetero) is 1. The van der Waals surface area contributed by atoms with Gasteiger partial charge in [0.05, 0.1) is 11.0 Å². The van der Waals surface area contributed by atoms with Crippen molar-refractivity contribution in [3.63, 3.8) is 0 Å². The van der Waals surface area contributed by atoms with E-state index in [2.05, 4.69) is 9.97 Å². The number of benzene rings is 2. The number of hydrogen-bond acceptors (Lipinski definition) is 4. The van der Waals surface area contributed by atoms with Gasteiger partial charge in [-0.25, -0.2) is 4.98 Å². The number of aromatic amines is 1. The van der Waals surface area contributed by atoms with E-state index in [1.54, 1.807) is 24.4 Å². The first kappa shape index (κ1) is 20.6. The van der Waals surface area contributed by atoms with Crippen molar-refractivity contribution in [2.24, 2.45) is 0 Å². The first-order valence-corrected chi connectivity index (χ1v) is 9.60. The van der Waals surface area contributed by atoms with Crippen LogP contribution in [0.1, 0.15) is 28.7 Å². The van der Waals surface area contributed by atoms with Crippen molar-refractivity contribution in [2.75, 3.05) is 6.61 Å². The Hall–Kier alpha value is -3.62. The van der Waals surface area contributed by atoms with E-state index in [4.69, 9.17) is 4.74 Å². The molecule has 9 heteroatoms. The summed E-state index contributed by atoms with van der Waals surface area (Å²) in [6.45, 7) is 0.709. The SMILES string of the molecule is CCc1cccc2c(C(=O)COC(=O)Cn3c(C(F)(F)F)nc4ccccc43)c[nH]c12. The topological polar surface area (TPSA) is 77.0 Å². The van der Waals surface area contributed by atoms with Gasteiger partial charge in [0.2, 0.25) is 11.6 Å². The van der Waals surface area contributed by atoms with Crippen LogP contribution in [0.5, 0.6) is 0 Å². The van der Waals surface area contributed by atoms with Gasteiger partial charge in [-0.2, -0.15) is 13.2 Å². The molecule has 0 saturated carbocycles. The zero-order valence-corrected chi connectivity index (χ0v) is 16.5. The number of imidazole rings is 1. The number of halogens is 3. The monoisotopic (exact) mass is 429 g/mol. The summed E-state index contributed by atoms with van der Waals surface area (Å²) < 4.78 is 45.8. The Labute approximate surface area is 174 Å². The fourth-order valence-corrected chi connectivity index (χ4v) is 3.59. The molecule has 0 atom stereocenters. The molecule has 31 heavy (non-hydrogen) atoms. The lowest BCUT2D eigenvalue weighted by Gasteiger charge is -2.11. The van der Waals surface area contributed by atoms with Crippen molar-refractivity contribution in [3.8, 4) is 0 Å². The van der Waals surface area contributed by atoms with Gasteiger partial charge in [0.25, 0.3) is 0 Å². The fraction of sp³-hybridized carbons (Fsp3) is 0.227. The molecule has 0 unspecified atom stereocenters. The highest BCUT2D eigenvalue weighted by Crippen LogP contribution is 2.31. The van der Waals surface area contributed by atoms with Gasteiger partial charge in [0, 0.05) is 22.7 Å². The Morgan fingerprint density at radius 3 is 2.65 bits per heavy atom. The second-order valence-electron chi connectivity index (χ2n) is 6.99.